The molecule has 0 spiro atoms. The predicted octanol–water partition coefficient (Wildman–Crippen LogP) is 8.17. The lowest BCUT2D eigenvalue weighted by atomic mass is 9.93. The third kappa shape index (κ3) is 10.9. The maximum Gasteiger partial charge on any atom is 0.119 e. The van der Waals surface area contributed by atoms with Crippen molar-refractivity contribution in [3.05, 3.63) is 30.3 Å². The molecule has 0 N–H and O–H groups in total. The number of rotatable bonds is 16. The maximum absolute atomic E-state index is 6.21. The van der Waals surface area contributed by atoms with Gasteiger partial charge in [0.25, 0.3) is 0 Å². The summed E-state index contributed by atoms with van der Waals surface area (Å²) in [5.41, 5.74) is 0. The molecule has 1 nitrogen and oxygen atoms in total. The Labute approximate surface area is 165 Å². The van der Waals surface area contributed by atoms with Gasteiger partial charge in [-0.1, -0.05) is 112 Å². The van der Waals surface area contributed by atoms with Crippen molar-refractivity contribution < 1.29 is 4.74 Å². The molecule has 0 fully saturated rings. The number of para-hydroxylation sites is 1. The normalized spacial score (nSPS) is 13.6. The van der Waals surface area contributed by atoms with Gasteiger partial charge in [-0.2, -0.15) is 0 Å². The van der Waals surface area contributed by atoms with Gasteiger partial charge in [0.2, 0.25) is 0 Å². The molecule has 0 radical (unpaired) electrons. The van der Waals surface area contributed by atoms with E-state index in [4.69, 9.17) is 4.74 Å². The fraction of sp³-hybridized carbons (Fsp3) is 0.739. The van der Waals surface area contributed by atoms with E-state index < -0.39 is 0 Å². The lowest BCUT2D eigenvalue weighted by molar-refractivity contribution is 0.145. The molecule has 1 rings (SSSR count). The average Bonchev–Trinajstić information content (AvgIpc) is 2.65. The quantitative estimate of drug-likeness (QED) is 0.197. The molecule has 0 aromatic heterocycles. The third-order valence-corrected chi connectivity index (χ3v) is 5.80. The molecule has 0 aliphatic rings. The highest BCUT2D eigenvalue weighted by molar-refractivity contribution is 9.09. The van der Waals surface area contributed by atoms with Crippen LogP contribution in [0.25, 0.3) is 0 Å². The zero-order valence-electron chi connectivity index (χ0n) is 16.5. The van der Waals surface area contributed by atoms with Gasteiger partial charge in [0.05, 0.1) is 0 Å². The molecule has 0 aliphatic heterocycles. The standard InChI is InChI=1S/C23H39BrO/c1-3-5-6-7-8-9-10-11-12-14-17-21(4-2)23(20-24)25-22-18-15-13-16-19-22/h13,15-16,18-19,21,23H,3-12,14,17,20H2,1-2H3. The van der Waals surface area contributed by atoms with E-state index in [9.17, 15) is 0 Å². The van der Waals surface area contributed by atoms with Gasteiger partial charge in [-0.25, -0.2) is 0 Å². The SMILES string of the molecule is CCCCCCCCCCCCC(CC)C(CBr)Oc1ccccc1. The van der Waals surface area contributed by atoms with Crippen molar-refractivity contribution in [1.82, 2.24) is 0 Å². The van der Waals surface area contributed by atoms with Crippen molar-refractivity contribution in [3.63, 3.8) is 0 Å². The first-order valence-corrected chi connectivity index (χ1v) is 11.7. The van der Waals surface area contributed by atoms with E-state index in [-0.39, 0.29) is 6.10 Å². The largest absolute Gasteiger partial charge is 0.489 e. The molecular formula is C23H39BrO. The Hall–Kier alpha value is -0.500. The van der Waals surface area contributed by atoms with Gasteiger partial charge >= 0.3 is 0 Å². The molecule has 0 aliphatic carbocycles. The number of ether oxygens (including phenoxy) is 1. The minimum Gasteiger partial charge on any atom is -0.489 e. The van der Waals surface area contributed by atoms with Crippen LogP contribution in [0.4, 0.5) is 0 Å². The van der Waals surface area contributed by atoms with Gasteiger partial charge in [-0.15, -0.1) is 0 Å². The highest BCUT2D eigenvalue weighted by atomic mass is 79.9. The molecule has 144 valence electrons. The molecule has 2 heteroatoms. The molecule has 2 unspecified atom stereocenters. The van der Waals surface area contributed by atoms with Crippen LogP contribution in [0.15, 0.2) is 30.3 Å². The summed E-state index contributed by atoms with van der Waals surface area (Å²) in [7, 11) is 0. The second kappa shape index (κ2) is 15.7. The van der Waals surface area contributed by atoms with E-state index in [1.165, 1.54) is 77.0 Å². The molecule has 2 atom stereocenters. The molecule has 1 aromatic carbocycles. The monoisotopic (exact) mass is 410 g/mol. The number of benzene rings is 1. The van der Waals surface area contributed by atoms with E-state index in [1.54, 1.807) is 0 Å². The number of hydrogen-bond acceptors (Lipinski definition) is 1. The Morgan fingerprint density at radius 2 is 1.36 bits per heavy atom. The highest BCUT2D eigenvalue weighted by Gasteiger charge is 2.20. The van der Waals surface area contributed by atoms with Gasteiger partial charge < -0.3 is 4.74 Å². The van der Waals surface area contributed by atoms with Crippen LogP contribution < -0.4 is 4.74 Å². The lowest BCUT2D eigenvalue weighted by Crippen LogP contribution is -2.28. The number of hydrogen-bond donors (Lipinski definition) is 0. The Morgan fingerprint density at radius 3 is 1.88 bits per heavy atom. The van der Waals surface area contributed by atoms with E-state index in [0.29, 0.717) is 5.92 Å². The molecule has 0 saturated heterocycles. The van der Waals surface area contributed by atoms with Crippen LogP contribution in [0.3, 0.4) is 0 Å². The predicted molar refractivity (Wildman–Crippen MR) is 115 cm³/mol. The minimum atomic E-state index is 0.283. The smallest absolute Gasteiger partial charge is 0.119 e. The summed E-state index contributed by atoms with van der Waals surface area (Å²) in [5, 5.41) is 0.915. The van der Waals surface area contributed by atoms with E-state index >= 15 is 0 Å². The fourth-order valence-corrected chi connectivity index (χ4v) is 4.14. The maximum atomic E-state index is 6.21. The zero-order chi connectivity index (χ0) is 18.2. The first kappa shape index (κ1) is 22.5. The Balaban J connectivity index is 2.13. The van der Waals surface area contributed by atoms with Gasteiger partial charge in [-0.3, -0.25) is 0 Å². The van der Waals surface area contributed by atoms with Crippen molar-refractivity contribution in [2.45, 2.75) is 97.0 Å². The summed E-state index contributed by atoms with van der Waals surface area (Å²) < 4.78 is 6.21. The lowest BCUT2D eigenvalue weighted by Gasteiger charge is -2.25. The topological polar surface area (TPSA) is 9.23 Å². The Kier molecular flexibility index (Phi) is 14.2. The average molecular weight is 411 g/mol. The molecular weight excluding hydrogens is 372 g/mol. The Bertz CT molecular complexity index is 392. The molecule has 0 amide bonds. The van der Waals surface area contributed by atoms with E-state index in [1.807, 2.05) is 18.2 Å². The minimum absolute atomic E-state index is 0.283. The van der Waals surface area contributed by atoms with Crippen molar-refractivity contribution in [3.8, 4) is 5.75 Å². The highest BCUT2D eigenvalue weighted by Crippen LogP contribution is 2.24. The summed E-state index contributed by atoms with van der Waals surface area (Å²) >= 11 is 3.66. The first-order chi connectivity index (χ1) is 12.3. The van der Waals surface area contributed by atoms with Crippen molar-refractivity contribution in [1.29, 1.82) is 0 Å². The van der Waals surface area contributed by atoms with Crippen molar-refractivity contribution >= 4 is 15.9 Å². The van der Waals surface area contributed by atoms with Crippen LogP contribution in [0.2, 0.25) is 0 Å². The zero-order valence-corrected chi connectivity index (χ0v) is 18.1. The molecule has 0 heterocycles. The van der Waals surface area contributed by atoms with Crippen LogP contribution in [-0.4, -0.2) is 11.4 Å². The Morgan fingerprint density at radius 1 is 0.800 bits per heavy atom. The molecule has 25 heavy (non-hydrogen) atoms. The summed E-state index contributed by atoms with van der Waals surface area (Å²) in [5.74, 6) is 1.64. The molecule has 0 bridgehead atoms. The number of halogens is 1. The van der Waals surface area contributed by atoms with Crippen molar-refractivity contribution in [2.75, 3.05) is 5.33 Å². The van der Waals surface area contributed by atoms with Gasteiger partial charge in [0, 0.05) is 5.33 Å². The van der Waals surface area contributed by atoms with E-state index in [2.05, 4.69) is 41.9 Å². The third-order valence-electron chi connectivity index (χ3n) is 5.16. The second-order valence-electron chi connectivity index (χ2n) is 7.26. The summed E-state index contributed by atoms with van der Waals surface area (Å²) in [6.45, 7) is 4.58. The summed E-state index contributed by atoms with van der Waals surface area (Å²) in [6, 6.07) is 10.2. The van der Waals surface area contributed by atoms with Crippen LogP contribution >= 0.6 is 15.9 Å². The van der Waals surface area contributed by atoms with E-state index in [0.717, 1.165) is 11.1 Å². The van der Waals surface area contributed by atoms with Crippen molar-refractivity contribution in [2.24, 2.45) is 5.92 Å². The second-order valence-corrected chi connectivity index (χ2v) is 7.91. The van der Waals surface area contributed by atoms with Crippen LogP contribution in [0.5, 0.6) is 5.75 Å². The van der Waals surface area contributed by atoms with Gasteiger partial charge in [-0.05, 0) is 30.9 Å². The number of unbranched alkanes of at least 4 members (excludes halogenated alkanes) is 9. The van der Waals surface area contributed by atoms with Gasteiger partial charge in [0.15, 0.2) is 0 Å². The van der Waals surface area contributed by atoms with Crippen LogP contribution in [-0.2, 0) is 0 Å². The van der Waals surface area contributed by atoms with Crippen LogP contribution in [0, 0.1) is 5.92 Å². The van der Waals surface area contributed by atoms with Gasteiger partial charge in [0.1, 0.15) is 11.9 Å². The van der Waals surface area contributed by atoms with Crippen LogP contribution in [0.1, 0.15) is 90.9 Å². The summed E-state index contributed by atoms with van der Waals surface area (Å²) in [6.07, 6.45) is 16.8. The first-order valence-electron chi connectivity index (χ1n) is 10.6. The fourth-order valence-electron chi connectivity index (χ4n) is 3.47. The summed E-state index contributed by atoms with van der Waals surface area (Å²) in [4.78, 5) is 0. The molecule has 1 aromatic rings. The number of alkyl halides is 1. The molecule has 0 saturated carbocycles.